The van der Waals surface area contributed by atoms with Crippen LogP contribution in [0.2, 0.25) is 5.02 Å². The van der Waals surface area contributed by atoms with Gasteiger partial charge in [0, 0.05) is 12.1 Å². The van der Waals surface area contributed by atoms with Gasteiger partial charge in [-0.25, -0.2) is 8.42 Å². The molecule has 2 N–H and O–H groups in total. The molecule has 0 unspecified atom stereocenters. The minimum Gasteiger partial charge on any atom is -0.495 e. The molecule has 106 valence electrons. The molecule has 0 saturated heterocycles. The topological polar surface area (TPSA) is 102 Å². The lowest BCUT2D eigenvalue weighted by atomic mass is 10.3. The lowest BCUT2D eigenvalue weighted by molar-refractivity contribution is -0.134. The summed E-state index contributed by atoms with van der Waals surface area (Å²) in [5.74, 6) is -2.14. The number of hydrogen-bond acceptors (Lipinski definition) is 5. The summed E-state index contributed by atoms with van der Waals surface area (Å²) in [6.45, 7) is 0. The van der Waals surface area contributed by atoms with Crippen molar-refractivity contribution >= 4 is 33.3 Å². The molecule has 0 aromatic heterocycles. The number of rotatable bonds is 6. The van der Waals surface area contributed by atoms with Crippen molar-refractivity contribution in [2.45, 2.75) is 0 Å². The molecule has 0 radical (unpaired) electrons. The van der Waals surface area contributed by atoms with Gasteiger partial charge in [0.2, 0.25) is 10.0 Å². The summed E-state index contributed by atoms with van der Waals surface area (Å²) in [5.41, 5.74) is 0.0463. The van der Waals surface area contributed by atoms with E-state index in [1.807, 2.05) is 0 Å². The molecule has 19 heavy (non-hydrogen) atoms. The normalized spacial score (nSPS) is 10.9. The summed E-state index contributed by atoms with van der Waals surface area (Å²) in [6, 6.07) is 2.67. The van der Waals surface area contributed by atoms with Gasteiger partial charge in [0.05, 0.1) is 24.9 Å². The molecule has 0 fully saturated rings. The minimum absolute atomic E-state index is 0.0463. The van der Waals surface area contributed by atoms with Gasteiger partial charge in [-0.2, -0.15) is 0 Å². The van der Waals surface area contributed by atoms with E-state index >= 15 is 0 Å². The van der Waals surface area contributed by atoms with E-state index in [1.165, 1.54) is 26.4 Å². The first kappa shape index (κ1) is 15.4. The molecule has 0 aliphatic carbocycles. The molecule has 1 aromatic carbocycles. The SMILES string of the molecule is COc1cc(NS(=O)(=O)CC(=O)O)c(OC)cc1Cl. The molecule has 0 spiro atoms. The summed E-state index contributed by atoms with van der Waals surface area (Å²) < 4.78 is 35.1. The number of benzene rings is 1. The second kappa shape index (κ2) is 5.98. The third-order valence-corrected chi connectivity index (χ3v) is 3.51. The van der Waals surface area contributed by atoms with Crippen LogP contribution in [0.5, 0.6) is 11.5 Å². The Kier molecular flexibility index (Phi) is 4.84. The Labute approximate surface area is 115 Å². The summed E-state index contributed by atoms with van der Waals surface area (Å²) in [4.78, 5) is 10.4. The van der Waals surface area contributed by atoms with Gasteiger partial charge >= 0.3 is 5.97 Å². The number of sulfonamides is 1. The van der Waals surface area contributed by atoms with Crippen molar-refractivity contribution in [3.8, 4) is 11.5 Å². The van der Waals surface area contributed by atoms with E-state index < -0.39 is 21.7 Å². The van der Waals surface area contributed by atoms with Gasteiger partial charge in [0.1, 0.15) is 11.5 Å². The van der Waals surface area contributed by atoms with Gasteiger partial charge in [0.25, 0.3) is 0 Å². The lowest BCUT2D eigenvalue weighted by Crippen LogP contribution is -2.22. The quantitative estimate of drug-likeness (QED) is 0.818. The average Bonchev–Trinajstić information content (AvgIpc) is 2.28. The maximum absolute atomic E-state index is 11.5. The Balaban J connectivity index is 3.16. The average molecular weight is 310 g/mol. The Morgan fingerprint density at radius 3 is 2.37 bits per heavy atom. The Morgan fingerprint density at radius 2 is 1.89 bits per heavy atom. The zero-order chi connectivity index (χ0) is 14.6. The second-order valence-corrected chi connectivity index (χ2v) is 5.57. The molecule has 0 bridgehead atoms. The summed E-state index contributed by atoms with van der Waals surface area (Å²) >= 11 is 5.86. The fourth-order valence-electron chi connectivity index (χ4n) is 1.31. The molecule has 7 nitrogen and oxygen atoms in total. The number of carboxylic acids is 1. The lowest BCUT2D eigenvalue weighted by Gasteiger charge is -2.13. The third-order valence-electron chi connectivity index (χ3n) is 2.05. The van der Waals surface area contributed by atoms with E-state index in [9.17, 15) is 13.2 Å². The van der Waals surface area contributed by atoms with Gasteiger partial charge in [-0.1, -0.05) is 11.6 Å². The van der Waals surface area contributed by atoms with Gasteiger partial charge in [-0.3, -0.25) is 9.52 Å². The van der Waals surface area contributed by atoms with E-state index in [-0.39, 0.29) is 22.2 Å². The zero-order valence-electron chi connectivity index (χ0n) is 10.1. The maximum Gasteiger partial charge on any atom is 0.320 e. The number of anilines is 1. The minimum atomic E-state index is -4.03. The molecule has 0 heterocycles. The van der Waals surface area contributed by atoms with E-state index in [1.54, 1.807) is 0 Å². The summed E-state index contributed by atoms with van der Waals surface area (Å²) in [6.07, 6.45) is 0. The smallest absolute Gasteiger partial charge is 0.320 e. The van der Waals surface area contributed by atoms with Crippen molar-refractivity contribution in [3.05, 3.63) is 17.2 Å². The predicted molar refractivity (Wildman–Crippen MR) is 69.6 cm³/mol. The van der Waals surface area contributed by atoms with Crippen LogP contribution in [0.3, 0.4) is 0 Å². The van der Waals surface area contributed by atoms with Crippen LogP contribution in [-0.2, 0) is 14.8 Å². The van der Waals surface area contributed by atoms with Crippen LogP contribution in [0.1, 0.15) is 0 Å². The Morgan fingerprint density at radius 1 is 1.32 bits per heavy atom. The van der Waals surface area contributed by atoms with Gasteiger partial charge < -0.3 is 14.6 Å². The van der Waals surface area contributed by atoms with E-state index in [4.69, 9.17) is 26.2 Å². The number of carbonyl (C=O) groups is 1. The van der Waals surface area contributed by atoms with E-state index in [0.717, 1.165) is 0 Å². The van der Waals surface area contributed by atoms with Crippen LogP contribution in [-0.4, -0.2) is 39.5 Å². The van der Waals surface area contributed by atoms with Gasteiger partial charge in [0.15, 0.2) is 5.75 Å². The van der Waals surface area contributed by atoms with Crippen molar-refractivity contribution in [3.63, 3.8) is 0 Å². The van der Waals surface area contributed by atoms with Crippen molar-refractivity contribution in [2.75, 3.05) is 24.7 Å². The number of nitrogens with one attached hydrogen (secondary N) is 1. The van der Waals surface area contributed by atoms with Crippen molar-refractivity contribution < 1.29 is 27.8 Å². The van der Waals surface area contributed by atoms with Crippen molar-refractivity contribution in [1.29, 1.82) is 0 Å². The van der Waals surface area contributed by atoms with Crippen LogP contribution in [0, 0.1) is 0 Å². The highest BCUT2D eigenvalue weighted by Gasteiger charge is 2.19. The molecule has 0 atom stereocenters. The fraction of sp³-hybridized carbons (Fsp3) is 0.300. The highest BCUT2D eigenvalue weighted by molar-refractivity contribution is 7.93. The highest BCUT2D eigenvalue weighted by Crippen LogP contribution is 2.36. The van der Waals surface area contributed by atoms with Crippen LogP contribution in [0.4, 0.5) is 5.69 Å². The van der Waals surface area contributed by atoms with Crippen molar-refractivity contribution in [2.24, 2.45) is 0 Å². The molecule has 1 rings (SSSR count). The zero-order valence-corrected chi connectivity index (χ0v) is 11.7. The molecule has 0 amide bonds. The number of aliphatic carboxylic acids is 1. The van der Waals surface area contributed by atoms with Crippen LogP contribution >= 0.6 is 11.6 Å². The highest BCUT2D eigenvalue weighted by atomic mass is 35.5. The first-order chi connectivity index (χ1) is 8.79. The number of ether oxygens (including phenoxy) is 2. The fourth-order valence-corrected chi connectivity index (χ4v) is 2.43. The molecule has 0 aliphatic heterocycles. The largest absolute Gasteiger partial charge is 0.495 e. The first-order valence-corrected chi connectivity index (χ1v) is 6.96. The summed E-state index contributed by atoms with van der Waals surface area (Å²) in [7, 11) is -1.34. The van der Waals surface area contributed by atoms with Gasteiger partial charge in [-0.15, -0.1) is 0 Å². The number of carboxylic acid groups (broad SMARTS) is 1. The summed E-state index contributed by atoms with van der Waals surface area (Å²) in [5, 5.41) is 8.74. The van der Waals surface area contributed by atoms with Crippen LogP contribution in [0.25, 0.3) is 0 Å². The monoisotopic (exact) mass is 309 g/mol. The molecular formula is C10H12ClNO6S. The van der Waals surface area contributed by atoms with E-state index in [2.05, 4.69) is 4.72 Å². The number of methoxy groups -OCH3 is 2. The molecular weight excluding hydrogens is 298 g/mol. The standard InChI is InChI=1S/C10H12ClNO6S/c1-17-8-4-7(9(18-2)3-6(8)11)12-19(15,16)5-10(13)14/h3-4,12H,5H2,1-2H3,(H,13,14). The Hall–Kier alpha value is -1.67. The van der Waals surface area contributed by atoms with Crippen LogP contribution < -0.4 is 14.2 Å². The maximum atomic E-state index is 11.5. The predicted octanol–water partition coefficient (Wildman–Crippen LogP) is 1.18. The molecule has 0 aliphatic rings. The van der Waals surface area contributed by atoms with Crippen LogP contribution in [0.15, 0.2) is 12.1 Å². The molecule has 0 saturated carbocycles. The molecule has 9 heteroatoms. The second-order valence-electron chi connectivity index (χ2n) is 3.44. The van der Waals surface area contributed by atoms with Gasteiger partial charge in [-0.05, 0) is 0 Å². The first-order valence-electron chi connectivity index (χ1n) is 4.93. The molecule has 1 aromatic rings. The third kappa shape index (κ3) is 4.18. The number of hydrogen-bond donors (Lipinski definition) is 2. The van der Waals surface area contributed by atoms with Crippen molar-refractivity contribution in [1.82, 2.24) is 0 Å². The Bertz CT molecular complexity index is 586. The number of halogens is 1. The van der Waals surface area contributed by atoms with E-state index in [0.29, 0.717) is 0 Å².